The van der Waals surface area contributed by atoms with Gasteiger partial charge in [-0.3, -0.25) is 34.3 Å². The molecule has 3 fully saturated rings. The van der Waals surface area contributed by atoms with Gasteiger partial charge in [-0.1, -0.05) is 12.1 Å². The van der Waals surface area contributed by atoms with Gasteiger partial charge in [0.2, 0.25) is 11.8 Å². The monoisotopic (exact) mass is 424 g/mol. The summed E-state index contributed by atoms with van der Waals surface area (Å²) in [5.74, 6) is -1.17. The normalized spacial score (nSPS) is 29.4. The third kappa shape index (κ3) is 3.57. The Morgan fingerprint density at radius 1 is 1.00 bits per heavy atom. The number of likely N-dealkylation sites (tertiary alicyclic amines) is 1. The van der Waals surface area contributed by atoms with Crippen LogP contribution in [0.3, 0.4) is 0 Å². The molecule has 8 heteroatoms. The molecule has 0 aliphatic carbocycles. The number of carbonyl (C=O) groups excluding carboxylic acids is 4. The van der Waals surface area contributed by atoms with Crippen molar-refractivity contribution in [2.45, 2.75) is 57.2 Å². The van der Waals surface area contributed by atoms with Gasteiger partial charge in [-0.25, -0.2) is 0 Å². The van der Waals surface area contributed by atoms with Crippen molar-refractivity contribution in [3.8, 4) is 0 Å². The summed E-state index contributed by atoms with van der Waals surface area (Å²) < 4.78 is 0. The van der Waals surface area contributed by atoms with Crippen LogP contribution in [0.4, 0.5) is 0 Å². The maximum absolute atomic E-state index is 13.3. The summed E-state index contributed by atoms with van der Waals surface area (Å²) in [6.45, 7) is 3.71. The average Bonchev–Trinajstić information content (AvgIpc) is 2.91. The number of carbonyl (C=O) groups is 4. The van der Waals surface area contributed by atoms with Crippen molar-refractivity contribution in [2.24, 2.45) is 5.92 Å². The fourth-order valence-corrected chi connectivity index (χ4v) is 5.72. The van der Waals surface area contributed by atoms with E-state index in [1.54, 1.807) is 6.07 Å². The second kappa shape index (κ2) is 8.16. The van der Waals surface area contributed by atoms with Crippen LogP contribution >= 0.6 is 0 Å². The van der Waals surface area contributed by atoms with E-state index in [-0.39, 0.29) is 18.7 Å². The van der Waals surface area contributed by atoms with E-state index in [0.29, 0.717) is 29.6 Å². The number of benzene rings is 1. The third-order valence-electron chi connectivity index (χ3n) is 7.22. The molecule has 4 heterocycles. The summed E-state index contributed by atoms with van der Waals surface area (Å²) in [4.78, 5) is 53.8. The Balaban J connectivity index is 1.42. The number of hydrogen-bond donors (Lipinski definition) is 2. The second-order valence-electron chi connectivity index (χ2n) is 9.07. The predicted octanol–water partition coefficient (Wildman–Crippen LogP) is 1.05. The Labute approximate surface area is 181 Å². The largest absolute Gasteiger partial charge is 0.316 e. The Bertz CT molecular complexity index is 946. The number of rotatable bonds is 3. The SMILES string of the molecule is O=C1CCC(N2C(=O)c3cccc(CN4CCCC5CNCCCC54)c3C2=O)C(=O)N1. The minimum absolute atomic E-state index is 0.127. The van der Waals surface area contributed by atoms with Crippen molar-refractivity contribution in [3.63, 3.8) is 0 Å². The van der Waals surface area contributed by atoms with E-state index in [4.69, 9.17) is 0 Å². The second-order valence-corrected chi connectivity index (χ2v) is 9.07. The highest BCUT2D eigenvalue weighted by molar-refractivity contribution is 6.24. The van der Waals surface area contributed by atoms with Crippen LogP contribution in [0, 0.1) is 5.92 Å². The molecule has 4 aliphatic heterocycles. The van der Waals surface area contributed by atoms with Crippen LogP contribution in [0.5, 0.6) is 0 Å². The zero-order valence-electron chi connectivity index (χ0n) is 17.6. The first kappa shape index (κ1) is 20.3. The molecular formula is C23H28N4O4. The van der Waals surface area contributed by atoms with Gasteiger partial charge in [0.15, 0.2) is 0 Å². The molecule has 3 atom stereocenters. The molecular weight excluding hydrogens is 396 g/mol. The van der Waals surface area contributed by atoms with Gasteiger partial charge in [0, 0.05) is 19.0 Å². The maximum atomic E-state index is 13.3. The van der Waals surface area contributed by atoms with E-state index in [2.05, 4.69) is 15.5 Å². The van der Waals surface area contributed by atoms with E-state index in [9.17, 15) is 19.2 Å². The number of fused-ring (bicyclic) bond motifs is 2. The van der Waals surface area contributed by atoms with E-state index < -0.39 is 23.8 Å². The molecule has 0 saturated carbocycles. The van der Waals surface area contributed by atoms with Gasteiger partial charge >= 0.3 is 0 Å². The molecule has 2 N–H and O–H groups in total. The average molecular weight is 425 g/mol. The zero-order valence-corrected chi connectivity index (χ0v) is 17.6. The van der Waals surface area contributed by atoms with Gasteiger partial charge in [0.05, 0.1) is 11.1 Å². The molecule has 1 aromatic rings. The fraction of sp³-hybridized carbons (Fsp3) is 0.565. The van der Waals surface area contributed by atoms with E-state index in [1.807, 2.05) is 12.1 Å². The molecule has 8 nitrogen and oxygen atoms in total. The Kier molecular flexibility index (Phi) is 5.35. The number of nitrogens with one attached hydrogen (secondary N) is 2. The molecule has 5 rings (SSSR count). The molecule has 3 saturated heterocycles. The number of piperidine rings is 2. The van der Waals surface area contributed by atoms with E-state index in [1.165, 1.54) is 6.42 Å². The Morgan fingerprint density at radius 2 is 1.87 bits per heavy atom. The molecule has 164 valence electrons. The molecule has 4 aliphatic rings. The van der Waals surface area contributed by atoms with Crippen molar-refractivity contribution in [3.05, 3.63) is 34.9 Å². The summed E-state index contributed by atoms with van der Waals surface area (Å²) >= 11 is 0. The molecule has 0 aromatic heterocycles. The first-order valence-corrected chi connectivity index (χ1v) is 11.3. The predicted molar refractivity (Wildman–Crippen MR) is 112 cm³/mol. The van der Waals surface area contributed by atoms with Gasteiger partial charge in [-0.05, 0) is 69.3 Å². The molecule has 0 radical (unpaired) electrons. The molecule has 3 unspecified atom stereocenters. The van der Waals surface area contributed by atoms with Gasteiger partial charge in [-0.15, -0.1) is 0 Å². The van der Waals surface area contributed by atoms with Gasteiger partial charge in [0.1, 0.15) is 6.04 Å². The minimum atomic E-state index is -0.926. The third-order valence-corrected chi connectivity index (χ3v) is 7.22. The van der Waals surface area contributed by atoms with Crippen LogP contribution in [0.2, 0.25) is 0 Å². The maximum Gasteiger partial charge on any atom is 0.262 e. The van der Waals surface area contributed by atoms with Crippen LogP contribution in [0.1, 0.15) is 64.8 Å². The quantitative estimate of drug-likeness (QED) is 0.704. The van der Waals surface area contributed by atoms with Crippen molar-refractivity contribution in [1.82, 2.24) is 20.4 Å². The first-order chi connectivity index (χ1) is 15.0. The first-order valence-electron chi connectivity index (χ1n) is 11.3. The summed E-state index contributed by atoms with van der Waals surface area (Å²) in [6.07, 6.45) is 4.94. The Morgan fingerprint density at radius 3 is 2.71 bits per heavy atom. The van der Waals surface area contributed by atoms with Crippen molar-refractivity contribution >= 4 is 23.6 Å². The lowest BCUT2D eigenvalue weighted by atomic mass is 9.86. The summed E-state index contributed by atoms with van der Waals surface area (Å²) in [5.41, 5.74) is 1.64. The lowest BCUT2D eigenvalue weighted by Gasteiger charge is -2.41. The smallest absolute Gasteiger partial charge is 0.262 e. The molecule has 4 amide bonds. The van der Waals surface area contributed by atoms with Gasteiger partial charge < -0.3 is 5.32 Å². The number of imide groups is 2. The molecule has 1 aromatic carbocycles. The number of amides is 4. The topological polar surface area (TPSA) is 98.8 Å². The lowest BCUT2D eigenvalue weighted by Crippen LogP contribution is -2.54. The Hall–Kier alpha value is -2.58. The molecule has 31 heavy (non-hydrogen) atoms. The number of nitrogens with zero attached hydrogens (tertiary/aromatic N) is 2. The molecule has 0 bridgehead atoms. The highest BCUT2D eigenvalue weighted by Gasteiger charge is 2.45. The van der Waals surface area contributed by atoms with Crippen LogP contribution in [0.15, 0.2) is 18.2 Å². The van der Waals surface area contributed by atoms with Crippen molar-refractivity contribution in [1.29, 1.82) is 0 Å². The van der Waals surface area contributed by atoms with Crippen molar-refractivity contribution in [2.75, 3.05) is 19.6 Å². The van der Waals surface area contributed by atoms with Crippen molar-refractivity contribution < 1.29 is 19.2 Å². The van der Waals surface area contributed by atoms with Crippen LogP contribution in [-0.2, 0) is 16.1 Å². The van der Waals surface area contributed by atoms with Crippen LogP contribution in [0.25, 0.3) is 0 Å². The standard InChI is InChI=1S/C23H28N4O4/c28-19-9-8-18(21(29)25-19)27-22(30)16-6-1-4-15(20(16)23(27)31)13-26-11-3-5-14-12-24-10-2-7-17(14)26/h1,4,6,14,17-18,24H,2-3,5,7-13H2,(H,25,28,29). The highest BCUT2D eigenvalue weighted by atomic mass is 16.2. The van der Waals surface area contributed by atoms with E-state index in [0.717, 1.165) is 49.4 Å². The molecule has 0 spiro atoms. The number of hydrogen-bond acceptors (Lipinski definition) is 6. The van der Waals surface area contributed by atoms with Crippen LogP contribution < -0.4 is 10.6 Å². The highest BCUT2D eigenvalue weighted by Crippen LogP contribution is 2.33. The summed E-state index contributed by atoms with van der Waals surface area (Å²) in [5, 5.41) is 5.79. The summed E-state index contributed by atoms with van der Waals surface area (Å²) in [7, 11) is 0. The zero-order chi connectivity index (χ0) is 21.5. The van der Waals surface area contributed by atoms with Gasteiger partial charge in [-0.2, -0.15) is 0 Å². The van der Waals surface area contributed by atoms with E-state index >= 15 is 0 Å². The fourth-order valence-electron chi connectivity index (χ4n) is 5.72. The summed E-state index contributed by atoms with van der Waals surface area (Å²) in [6, 6.07) is 4.97. The lowest BCUT2D eigenvalue weighted by molar-refractivity contribution is -0.136. The van der Waals surface area contributed by atoms with Gasteiger partial charge in [0.25, 0.3) is 11.8 Å². The van der Waals surface area contributed by atoms with Crippen LogP contribution in [-0.4, -0.2) is 65.1 Å². The minimum Gasteiger partial charge on any atom is -0.316 e.